The fraction of sp³-hybridized carbons (Fsp3) is 0.103. The maximum atomic E-state index is 13.1. The van der Waals surface area contributed by atoms with E-state index < -0.39 is 17.5 Å². The lowest BCUT2D eigenvalue weighted by molar-refractivity contribution is 0.0731. The summed E-state index contributed by atoms with van der Waals surface area (Å²) in [5, 5.41) is 9.65. The number of carbonyl (C=O) groups excluding carboxylic acids is 2. The molecule has 4 aromatic carbocycles. The molecule has 6 heteroatoms. The average molecular weight is 469 g/mol. The van der Waals surface area contributed by atoms with Gasteiger partial charge in [0.25, 0.3) is 0 Å². The molecule has 0 aliphatic heterocycles. The van der Waals surface area contributed by atoms with E-state index in [1.54, 1.807) is 84.9 Å². The Labute approximate surface area is 203 Å². The number of rotatable bonds is 6. The van der Waals surface area contributed by atoms with Crippen molar-refractivity contribution in [3.8, 4) is 23.0 Å². The number of hydrogen-bond donors (Lipinski definition) is 1. The lowest BCUT2D eigenvalue weighted by Gasteiger charge is -2.27. The van der Waals surface area contributed by atoms with Gasteiger partial charge in [-0.3, -0.25) is 0 Å². The predicted octanol–water partition coefficient (Wildman–Crippen LogP) is 6.52. The molecule has 1 N–H and O–H groups in total. The van der Waals surface area contributed by atoms with Crippen molar-refractivity contribution in [1.82, 2.24) is 0 Å². The second-order valence-electron chi connectivity index (χ2n) is 8.35. The van der Waals surface area contributed by atoms with E-state index in [0.29, 0.717) is 11.5 Å². The van der Waals surface area contributed by atoms with Gasteiger partial charge in [0.1, 0.15) is 28.6 Å². The highest BCUT2D eigenvalue weighted by atomic mass is 16.7. The highest BCUT2D eigenvalue weighted by Crippen LogP contribution is 2.35. The van der Waals surface area contributed by atoms with Crippen LogP contribution in [-0.4, -0.2) is 17.2 Å². The number of carbonyl (C=O) groups is 2. The van der Waals surface area contributed by atoms with Crippen molar-refractivity contribution in [2.45, 2.75) is 19.3 Å². The number of esters is 1. The summed E-state index contributed by atoms with van der Waals surface area (Å²) >= 11 is 0. The van der Waals surface area contributed by atoms with E-state index in [1.165, 1.54) is 0 Å². The molecule has 0 fully saturated rings. The lowest BCUT2D eigenvalue weighted by atomic mass is 9.77. The molecule has 0 radical (unpaired) electrons. The van der Waals surface area contributed by atoms with Crippen molar-refractivity contribution in [1.29, 1.82) is 0 Å². The third-order valence-electron chi connectivity index (χ3n) is 5.60. The van der Waals surface area contributed by atoms with E-state index in [0.717, 1.165) is 11.1 Å². The zero-order valence-corrected chi connectivity index (χ0v) is 19.3. The van der Waals surface area contributed by atoms with Crippen LogP contribution in [0.25, 0.3) is 0 Å². The molecule has 0 bridgehead atoms. The van der Waals surface area contributed by atoms with Crippen LogP contribution in [-0.2, 0) is 5.41 Å². The maximum absolute atomic E-state index is 13.1. The normalized spacial score (nSPS) is 10.9. The SMILES string of the molecule is CC(C)(c1ccc(O)cc1)c1ccc(OC(=O)Oc2ccccc2)c(C(=O)Oc2ccccc2)c1. The molecule has 0 atom stereocenters. The fourth-order valence-corrected chi connectivity index (χ4v) is 3.56. The first-order chi connectivity index (χ1) is 16.8. The minimum Gasteiger partial charge on any atom is -0.508 e. The van der Waals surface area contributed by atoms with Crippen LogP contribution in [0.4, 0.5) is 4.79 Å². The Hall–Kier alpha value is -4.58. The smallest absolute Gasteiger partial charge is 0.508 e. The Kier molecular flexibility index (Phi) is 6.83. The first-order valence-corrected chi connectivity index (χ1v) is 11.0. The van der Waals surface area contributed by atoms with Crippen LogP contribution in [0.2, 0.25) is 0 Å². The minimum atomic E-state index is -0.976. The van der Waals surface area contributed by atoms with E-state index in [-0.39, 0.29) is 17.1 Å². The van der Waals surface area contributed by atoms with Crippen molar-refractivity contribution in [2.75, 3.05) is 0 Å². The van der Waals surface area contributed by atoms with E-state index in [4.69, 9.17) is 14.2 Å². The number of aromatic hydroxyl groups is 1. The number of phenolic OH excluding ortho intramolecular Hbond substituents is 1. The topological polar surface area (TPSA) is 82.1 Å². The highest BCUT2D eigenvalue weighted by molar-refractivity contribution is 5.95. The Morgan fingerprint density at radius 1 is 0.657 bits per heavy atom. The van der Waals surface area contributed by atoms with Crippen LogP contribution in [0.5, 0.6) is 23.0 Å². The number of phenols is 1. The third kappa shape index (κ3) is 5.68. The second kappa shape index (κ2) is 10.1. The summed E-state index contributed by atoms with van der Waals surface area (Å²) in [5.41, 5.74) is 1.25. The molecule has 0 aromatic heterocycles. The summed E-state index contributed by atoms with van der Waals surface area (Å²) in [6.07, 6.45) is -0.976. The van der Waals surface area contributed by atoms with Crippen molar-refractivity contribution in [2.24, 2.45) is 0 Å². The number of ether oxygens (including phenoxy) is 3. The zero-order valence-electron chi connectivity index (χ0n) is 19.3. The lowest BCUT2D eigenvalue weighted by Crippen LogP contribution is -2.21. The second-order valence-corrected chi connectivity index (χ2v) is 8.35. The van der Waals surface area contributed by atoms with Gasteiger partial charge in [-0.15, -0.1) is 0 Å². The summed E-state index contributed by atoms with van der Waals surface area (Å²) in [6, 6.07) is 28.9. The predicted molar refractivity (Wildman–Crippen MR) is 131 cm³/mol. The molecule has 4 rings (SSSR count). The summed E-state index contributed by atoms with van der Waals surface area (Å²) in [5.74, 6) is 0.172. The highest BCUT2D eigenvalue weighted by Gasteiger charge is 2.27. The molecule has 0 aliphatic carbocycles. The number of hydrogen-bond acceptors (Lipinski definition) is 6. The summed E-state index contributed by atoms with van der Waals surface area (Å²) in [7, 11) is 0. The van der Waals surface area contributed by atoms with Gasteiger partial charge in [0.15, 0.2) is 0 Å². The maximum Gasteiger partial charge on any atom is 0.519 e. The number of para-hydroxylation sites is 2. The molecular weight excluding hydrogens is 444 g/mol. The van der Waals surface area contributed by atoms with Crippen molar-refractivity contribution in [3.05, 3.63) is 120 Å². The van der Waals surface area contributed by atoms with Gasteiger partial charge in [-0.05, 0) is 59.7 Å². The van der Waals surface area contributed by atoms with Crippen LogP contribution in [0.1, 0.15) is 35.3 Å². The summed E-state index contributed by atoms with van der Waals surface area (Å²) in [6.45, 7) is 3.98. The third-order valence-corrected chi connectivity index (χ3v) is 5.60. The van der Waals surface area contributed by atoms with Crippen molar-refractivity contribution < 1.29 is 28.9 Å². The van der Waals surface area contributed by atoms with Crippen LogP contribution < -0.4 is 14.2 Å². The van der Waals surface area contributed by atoms with Crippen LogP contribution >= 0.6 is 0 Å². The van der Waals surface area contributed by atoms with E-state index in [2.05, 4.69) is 0 Å². The molecule has 0 heterocycles. The van der Waals surface area contributed by atoms with Gasteiger partial charge in [-0.1, -0.05) is 68.4 Å². The first kappa shape index (κ1) is 23.6. The molecule has 0 aliphatic rings. The van der Waals surface area contributed by atoms with E-state index in [1.807, 2.05) is 32.0 Å². The van der Waals surface area contributed by atoms with Crippen LogP contribution in [0.15, 0.2) is 103 Å². The first-order valence-electron chi connectivity index (χ1n) is 11.0. The molecule has 0 saturated carbocycles. The van der Waals surface area contributed by atoms with Gasteiger partial charge >= 0.3 is 12.1 Å². The molecule has 4 aromatic rings. The molecule has 0 saturated heterocycles. The van der Waals surface area contributed by atoms with E-state index >= 15 is 0 Å². The number of benzene rings is 4. The van der Waals surface area contributed by atoms with Gasteiger partial charge in [-0.2, -0.15) is 0 Å². The Balaban J connectivity index is 1.67. The van der Waals surface area contributed by atoms with Gasteiger partial charge in [0.2, 0.25) is 0 Å². The quantitative estimate of drug-likeness (QED) is 0.197. The van der Waals surface area contributed by atoms with E-state index in [9.17, 15) is 14.7 Å². The molecule has 6 nitrogen and oxygen atoms in total. The Bertz CT molecular complexity index is 1310. The van der Waals surface area contributed by atoms with Crippen molar-refractivity contribution in [3.63, 3.8) is 0 Å². The zero-order chi connectivity index (χ0) is 24.8. The van der Waals surface area contributed by atoms with Crippen molar-refractivity contribution >= 4 is 12.1 Å². The summed E-state index contributed by atoms with van der Waals surface area (Å²) in [4.78, 5) is 25.6. The summed E-state index contributed by atoms with van der Waals surface area (Å²) < 4.78 is 16.1. The van der Waals surface area contributed by atoms with Crippen LogP contribution in [0.3, 0.4) is 0 Å². The fourth-order valence-electron chi connectivity index (χ4n) is 3.56. The Morgan fingerprint density at radius 2 is 1.20 bits per heavy atom. The Morgan fingerprint density at radius 3 is 1.80 bits per heavy atom. The van der Waals surface area contributed by atoms with Gasteiger partial charge in [0.05, 0.1) is 0 Å². The van der Waals surface area contributed by atoms with Gasteiger partial charge < -0.3 is 19.3 Å². The molecule has 0 amide bonds. The average Bonchev–Trinajstić information content (AvgIpc) is 2.85. The molecular formula is C29H24O6. The van der Waals surface area contributed by atoms with Crippen LogP contribution in [0, 0.1) is 0 Å². The monoisotopic (exact) mass is 468 g/mol. The molecule has 0 unspecified atom stereocenters. The minimum absolute atomic E-state index is 0.0112. The molecule has 35 heavy (non-hydrogen) atoms. The van der Waals surface area contributed by atoms with Gasteiger partial charge in [0, 0.05) is 5.41 Å². The van der Waals surface area contributed by atoms with Gasteiger partial charge in [-0.25, -0.2) is 9.59 Å². The molecule has 176 valence electrons. The standard InChI is InChI=1S/C29H24O6/c1-29(2,20-13-16-22(30)17-14-20)21-15-18-26(35-28(32)34-24-11-7-4-8-12-24)25(19-21)27(31)33-23-9-5-3-6-10-23/h3-19,30H,1-2H3. The molecule has 0 spiro atoms. The largest absolute Gasteiger partial charge is 0.519 e.